The van der Waals surface area contributed by atoms with E-state index in [2.05, 4.69) is 16.8 Å². The molecule has 110 valence electrons. The van der Waals surface area contributed by atoms with Crippen LogP contribution in [0.3, 0.4) is 0 Å². The zero-order valence-electron chi connectivity index (χ0n) is 12.4. The van der Waals surface area contributed by atoms with Gasteiger partial charge < -0.3 is 4.74 Å². The minimum atomic E-state index is -0.752. The fourth-order valence-electron chi connectivity index (χ4n) is 2.04. The number of ether oxygens (including phenoxy) is 1. The van der Waals surface area contributed by atoms with Gasteiger partial charge in [0, 0.05) is 11.6 Å². The summed E-state index contributed by atoms with van der Waals surface area (Å²) in [5.74, 6) is -0.497. The SMILES string of the molecule is CCc1ccc(-c2ccc(=O)n([C@H](C)C(=O)OC)n2)cc1. The molecule has 0 saturated heterocycles. The van der Waals surface area contributed by atoms with Crippen LogP contribution in [0.15, 0.2) is 41.2 Å². The van der Waals surface area contributed by atoms with E-state index in [-0.39, 0.29) is 5.56 Å². The van der Waals surface area contributed by atoms with Crippen LogP contribution >= 0.6 is 0 Å². The Balaban J connectivity index is 2.42. The normalized spacial score (nSPS) is 12.0. The predicted octanol–water partition coefficient (Wildman–Crippen LogP) is 2.21. The van der Waals surface area contributed by atoms with Crippen LogP contribution < -0.4 is 5.56 Å². The highest BCUT2D eigenvalue weighted by Crippen LogP contribution is 2.17. The molecule has 0 aliphatic heterocycles. The Bertz CT molecular complexity index is 689. The van der Waals surface area contributed by atoms with Crippen molar-refractivity contribution in [1.29, 1.82) is 0 Å². The number of hydrogen-bond acceptors (Lipinski definition) is 4. The number of carbonyl (C=O) groups is 1. The van der Waals surface area contributed by atoms with Gasteiger partial charge in [-0.3, -0.25) is 4.79 Å². The molecule has 0 radical (unpaired) electrons. The summed E-state index contributed by atoms with van der Waals surface area (Å²) >= 11 is 0. The summed E-state index contributed by atoms with van der Waals surface area (Å²) in [6.45, 7) is 3.68. The molecule has 0 unspecified atom stereocenters. The minimum Gasteiger partial charge on any atom is -0.467 e. The van der Waals surface area contributed by atoms with Crippen molar-refractivity contribution in [2.75, 3.05) is 7.11 Å². The highest BCUT2D eigenvalue weighted by molar-refractivity contribution is 5.73. The summed E-state index contributed by atoms with van der Waals surface area (Å²) in [5, 5.41) is 4.27. The van der Waals surface area contributed by atoms with Crippen LogP contribution in [0, 0.1) is 0 Å². The molecular weight excluding hydrogens is 268 g/mol. The molecule has 0 bridgehead atoms. The lowest BCUT2D eigenvalue weighted by Gasteiger charge is -2.12. The molecule has 1 atom stereocenters. The van der Waals surface area contributed by atoms with Gasteiger partial charge in [-0.05, 0) is 25.0 Å². The van der Waals surface area contributed by atoms with Crippen molar-refractivity contribution in [3.8, 4) is 11.3 Å². The smallest absolute Gasteiger partial charge is 0.330 e. The molecule has 2 rings (SSSR count). The molecule has 0 spiro atoms. The first-order chi connectivity index (χ1) is 10.1. The molecule has 0 aliphatic rings. The maximum absolute atomic E-state index is 11.9. The number of carbonyl (C=O) groups excluding carboxylic acids is 1. The van der Waals surface area contributed by atoms with Gasteiger partial charge in [0.05, 0.1) is 12.8 Å². The summed E-state index contributed by atoms with van der Waals surface area (Å²) in [7, 11) is 1.29. The van der Waals surface area contributed by atoms with E-state index in [1.807, 2.05) is 24.3 Å². The van der Waals surface area contributed by atoms with Crippen molar-refractivity contribution < 1.29 is 9.53 Å². The first-order valence-electron chi connectivity index (χ1n) is 6.83. The third-order valence-corrected chi connectivity index (χ3v) is 3.39. The molecule has 0 amide bonds. The van der Waals surface area contributed by atoms with Gasteiger partial charge in [-0.2, -0.15) is 5.10 Å². The Hall–Kier alpha value is -2.43. The lowest BCUT2D eigenvalue weighted by Crippen LogP contribution is -2.30. The Labute approximate surface area is 123 Å². The predicted molar refractivity (Wildman–Crippen MR) is 80.0 cm³/mol. The monoisotopic (exact) mass is 286 g/mol. The summed E-state index contributed by atoms with van der Waals surface area (Å²) in [6, 6.07) is 10.3. The van der Waals surface area contributed by atoms with E-state index in [0.29, 0.717) is 5.69 Å². The lowest BCUT2D eigenvalue weighted by atomic mass is 10.1. The third-order valence-electron chi connectivity index (χ3n) is 3.39. The zero-order valence-corrected chi connectivity index (χ0v) is 12.4. The number of aryl methyl sites for hydroxylation is 1. The molecule has 0 fully saturated rings. The maximum atomic E-state index is 11.9. The highest BCUT2D eigenvalue weighted by atomic mass is 16.5. The van der Waals surface area contributed by atoms with Crippen molar-refractivity contribution in [2.45, 2.75) is 26.3 Å². The van der Waals surface area contributed by atoms with Gasteiger partial charge in [-0.15, -0.1) is 0 Å². The van der Waals surface area contributed by atoms with Gasteiger partial charge >= 0.3 is 5.97 Å². The summed E-state index contributed by atoms with van der Waals surface area (Å²) in [6.07, 6.45) is 0.965. The third kappa shape index (κ3) is 3.18. The number of methoxy groups -OCH3 is 1. The van der Waals surface area contributed by atoms with Crippen LogP contribution in [0.1, 0.15) is 25.5 Å². The van der Waals surface area contributed by atoms with Gasteiger partial charge in [-0.25, -0.2) is 9.48 Å². The fraction of sp³-hybridized carbons (Fsp3) is 0.312. The van der Waals surface area contributed by atoms with Crippen LogP contribution in [-0.4, -0.2) is 22.9 Å². The highest BCUT2D eigenvalue weighted by Gasteiger charge is 2.18. The van der Waals surface area contributed by atoms with Crippen LogP contribution in [-0.2, 0) is 16.0 Å². The molecule has 21 heavy (non-hydrogen) atoms. The first kappa shape index (κ1) is 15.0. The van der Waals surface area contributed by atoms with Crippen LogP contribution in [0.2, 0.25) is 0 Å². The van der Waals surface area contributed by atoms with E-state index in [0.717, 1.165) is 16.7 Å². The van der Waals surface area contributed by atoms with E-state index in [4.69, 9.17) is 0 Å². The Morgan fingerprint density at radius 3 is 2.48 bits per heavy atom. The molecule has 1 aromatic carbocycles. The van der Waals surface area contributed by atoms with E-state index in [1.165, 1.54) is 18.7 Å². The van der Waals surface area contributed by atoms with Crippen LogP contribution in [0.25, 0.3) is 11.3 Å². The van der Waals surface area contributed by atoms with Crippen LogP contribution in [0.5, 0.6) is 0 Å². The van der Waals surface area contributed by atoms with Gasteiger partial charge in [-0.1, -0.05) is 31.2 Å². The number of rotatable bonds is 4. The number of esters is 1. The lowest BCUT2D eigenvalue weighted by molar-refractivity contribution is -0.144. The van der Waals surface area contributed by atoms with Gasteiger partial charge in [0.2, 0.25) is 0 Å². The second-order valence-electron chi connectivity index (χ2n) is 4.75. The standard InChI is InChI=1S/C16H18N2O3/c1-4-12-5-7-13(8-6-12)14-9-10-15(19)18(17-14)11(2)16(20)21-3/h5-11H,4H2,1-3H3/t11-/m1/s1. The molecule has 5 nitrogen and oxygen atoms in total. The van der Waals surface area contributed by atoms with Crippen molar-refractivity contribution >= 4 is 5.97 Å². The minimum absolute atomic E-state index is 0.332. The van der Waals surface area contributed by atoms with Crippen molar-refractivity contribution in [3.63, 3.8) is 0 Å². The number of aromatic nitrogens is 2. The summed E-state index contributed by atoms with van der Waals surface area (Å²) < 4.78 is 5.81. The van der Waals surface area contributed by atoms with E-state index in [9.17, 15) is 9.59 Å². The van der Waals surface area contributed by atoms with Gasteiger partial charge in [0.1, 0.15) is 0 Å². The number of benzene rings is 1. The summed E-state index contributed by atoms with van der Waals surface area (Å²) in [4.78, 5) is 23.4. The Morgan fingerprint density at radius 1 is 1.24 bits per heavy atom. The second-order valence-corrected chi connectivity index (χ2v) is 4.75. The van der Waals surface area contributed by atoms with Gasteiger partial charge in [0.15, 0.2) is 6.04 Å². The average Bonchev–Trinajstić information content (AvgIpc) is 2.54. The molecule has 0 N–H and O–H groups in total. The number of hydrogen-bond donors (Lipinski definition) is 0. The van der Waals surface area contributed by atoms with E-state index >= 15 is 0 Å². The molecule has 0 saturated carbocycles. The largest absolute Gasteiger partial charge is 0.467 e. The van der Waals surface area contributed by atoms with E-state index in [1.54, 1.807) is 13.0 Å². The quantitative estimate of drug-likeness (QED) is 0.808. The topological polar surface area (TPSA) is 61.2 Å². The molecule has 2 aromatic rings. The fourth-order valence-corrected chi connectivity index (χ4v) is 2.04. The van der Waals surface area contributed by atoms with Crippen molar-refractivity contribution in [2.24, 2.45) is 0 Å². The first-order valence-corrected chi connectivity index (χ1v) is 6.83. The van der Waals surface area contributed by atoms with Crippen molar-refractivity contribution in [3.05, 3.63) is 52.3 Å². The Morgan fingerprint density at radius 2 is 1.90 bits per heavy atom. The second kappa shape index (κ2) is 6.35. The van der Waals surface area contributed by atoms with Crippen LogP contribution in [0.4, 0.5) is 0 Å². The molecule has 0 aliphatic carbocycles. The molecule has 1 heterocycles. The average molecular weight is 286 g/mol. The van der Waals surface area contributed by atoms with Gasteiger partial charge in [0.25, 0.3) is 5.56 Å². The molecular formula is C16H18N2O3. The Kier molecular flexibility index (Phi) is 4.52. The maximum Gasteiger partial charge on any atom is 0.330 e. The molecule has 5 heteroatoms. The summed E-state index contributed by atoms with van der Waals surface area (Å²) in [5.41, 5.74) is 2.45. The van der Waals surface area contributed by atoms with E-state index < -0.39 is 12.0 Å². The van der Waals surface area contributed by atoms with Crippen molar-refractivity contribution in [1.82, 2.24) is 9.78 Å². The number of nitrogens with zero attached hydrogens (tertiary/aromatic N) is 2. The molecule has 1 aromatic heterocycles. The zero-order chi connectivity index (χ0) is 15.4.